The molecule has 3 aromatic rings. The molecule has 0 saturated carbocycles. The van der Waals surface area contributed by atoms with Crippen molar-refractivity contribution in [2.45, 2.75) is 19.0 Å². The summed E-state index contributed by atoms with van der Waals surface area (Å²) in [7, 11) is 0. The molecule has 0 radical (unpaired) electrons. The predicted octanol–water partition coefficient (Wildman–Crippen LogP) is 0.616. The molecule has 1 saturated heterocycles. The monoisotopic (exact) mass is 328 g/mol. The Morgan fingerprint density at radius 3 is 3.00 bits per heavy atom. The zero-order chi connectivity index (χ0) is 16.7. The minimum atomic E-state index is -0.335. The van der Waals surface area contributed by atoms with Crippen LogP contribution < -0.4 is 16.3 Å². The van der Waals surface area contributed by atoms with Gasteiger partial charge in [-0.15, -0.1) is 5.10 Å². The van der Waals surface area contributed by atoms with Gasteiger partial charge in [-0.25, -0.2) is 23.3 Å². The van der Waals surface area contributed by atoms with E-state index >= 15 is 0 Å². The van der Waals surface area contributed by atoms with Gasteiger partial charge < -0.3 is 10.6 Å². The van der Waals surface area contributed by atoms with Crippen LogP contribution in [0, 0.1) is 5.82 Å². The van der Waals surface area contributed by atoms with Gasteiger partial charge in [-0.05, 0) is 24.1 Å². The summed E-state index contributed by atoms with van der Waals surface area (Å²) in [6.07, 6.45) is 4.06. The normalized spacial score (nSPS) is 17.8. The lowest BCUT2D eigenvalue weighted by atomic mass is 10.2. The van der Waals surface area contributed by atoms with Gasteiger partial charge in [-0.1, -0.05) is 12.1 Å². The lowest BCUT2D eigenvalue weighted by Crippen LogP contribution is -2.27. The summed E-state index contributed by atoms with van der Waals surface area (Å²) in [4.78, 5) is 19.0. The Morgan fingerprint density at radius 2 is 2.25 bits per heavy atom. The van der Waals surface area contributed by atoms with Crippen LogP contribution >= 0.6 is 0 Å². The van der Waals surface area contributed by atoms with Gasteiger partial charge in [-0.2, -0.15) is 0 Å². The number of nitrogens with two attached hydrogens (primary N) is 1. The quantitative estimate of drug-likeness (QED) is 0.762. The number of fused-ring (bicyclic) bond motifs is 1. The van der Waals surface area contributed by atoms with Gasteiger partial charge >= 0.3 is 5.69 Å². The molecule has 0 spiro atoms. The van der Waals surface area contributed by atoms with Gasteiger partial charge in [0.2, 0.25) is 5.65 Å². The van der Waals surface area contributed by atoms with Crippen LogP contribution in [0.25, 0.3) is 5.65 Å². The first-order valence-electron chi connectivity index (χ1n) is 7.81. The van der Waals surface area contributed by atoms with Crippen LogP contribution in [0.2, 0.25) is 0 Å². The molecule has 2 aromatic heterocycles. The third kappa shape index (κ3) is 2.54. The summed E-state index contributed by atoms with van der Waals surface area (Å²) in [5, 5.41) is 4.41. The molecule has 0 amide bonds. The highest BCUT2D eigenvalue weighted by atomic mass is 19.1. The zero-order valence-electron chi connectivity index (χ0n) is 13.0. The summed E-state index contributed by atoms with van der Waals surface area (Å²) in [6.45, 7) is 1.69. The molecule has 1 atom stereocenters. The van der Waals surface area contributed by atoms with Crippen molar-refractivity contribution in [1.82, 2.24) is 19.2 Å². The molecular weight excluding hydrogens is 311 g/mol. The first-order chi connectivity index (χ1) is 11.6. The van der Waals surface area contributed by atoms with Gasteiger partial charge in [0.05, 0.1) is 6.54 Å². The largest absolute Gasteiger partial charge is 0.352 e. The molecule has 0 unspecified atom stereocenters. The molecule has 124 valence electrons. The fourth-order valence-corrected chi connectivity index (χ4v) is 3.05. The highest BCUT2D eigenvalue weighted by molar-refractivity contribution is 5.63. The van der Waals surface area contributed by atoms with E-state index in [1.54, 1.807) is 24.5 Å². The number of rotatable bonds is 3. The number of hydrogen-bond donors (Lipinski definition) is 1. The second kappa shape index (κ2) is 5.72. The maximum absolute atomic E-state index is 13.3. The fourth-order valence-electron chi connectivity index (χ4n) is 3.05. The van der Waals surface area contributed by atoms with Gasteiger partial charge in [-0.3, -0.25) is 0 Å². The Kier molecular flexibility index (Phi) is 3.53. The first-order valence-corrected chi connectivity index (χ1v) is 7.81. The second-order valence-electron chi connectivity index (χ2n) is 6.01. The molecule has 1 aliphatic heterocycles. The van der Waals surface area contributed by atoms with Crippen molar-refractivity contribution < 1.29 is 4.39 Å². The number of aromatic nitrogens is 4. The summed E-state index contributed by atoms with van der Waals surface area (Å²) in [5.41, 5.74) is 6.85. The van der Waals surface area contributed by atoms with Crippen molar-refractivity contribution in [3.05, 3.63) is 58.5 Å². The van der Waals surface area contributed by atoms with Crippen molar-refractivity contribution in [3.63, 3.8) is 0 Å². The van der Waals surface area contributed by atoms with Gasteiger partial charge in [0, 0.05) is 31.5 Å². The Hall–Kier alpha value is -2.74. The Labute approximate surface area is 137 Å². The predicted molar refractivity (Wildman–Crippen MR) is 87.6 cm³/mol. The lowest BCUT2D eigenvalue weighted by molar-refractivity contribution is 0.615. The van der Waals surface area contributed by atoms with Crippen LogP contribution in [0.4, 0.5) is 10.2 Å². The van der Waals surface area contributed by atoms with Crippen LogP contribution in [0.5, 0.6) is 0 Å². The average Bonchev–Trinajstić information content (AvgIpc) is 3.12. The molecule has 0 bridgehead atoms. The maximum Gasteiger partial charge on any atom is 0.350 e. The minimum absolute atomic E-state index is 0.105. The summed E-state index contributed by atoms with van der Waals surface area (Å²) < 4.78 is 16.1. The standard InChI is InChI=1S/C16H17FN6O/c17-12-3-1-2-11(8-12)9-23-16(24)22-7-5-19-14(15(22)20-23)21-6-4-13(18)10-21/h1-3,5,7-8,13H,4,6,9-10,18H2/t13-/m1/s1. The van der Waals surface area contributed by atoms with Crippen LogP contribution in [-0.4, -0.2) is 38.3 Å². The van der Waals surface area contributed by atoms with E-state index in [9.17, 15) is 9.18 Å². The second-order valence-corrected chi connectivity index (χ2v) is 6.01. The smallest absolute Gasteiger partial charge is 0.350 e. The SMILES string of the molecule is N[C@@H]1CCN(c2nccn3c(=O)n(Cc4cccc(F)c4)nc23)C1. The highest BCUT2D eigenvalue weighted by Crippen LogP contribution is 2.20. The molecule has 1 aromatic carbocycles. The Morgan fingerprint density at radius 1 is 1.38 bits per heavy atom. The molecule has 0 aliphatic carbocycles. The molecule has 4 rings (SSSR count). The van der Waals surface area contributed by atoms with E-state index in [4.69, 9.17) is 5.73 Å². The molecule has 1 aliphatic rings. The Balaban J connectivity index is 1.75. The molecule has 1 fully saturated rings. The summed E-state index contributed by atoms with van der Waals surface area (Å²) in [6, 6.07) is 6.25. The first kappa shape index (κ1) is 14.8. The van der Waals surface area contributed by atoms with Crippen molar-refractivity contribution in [2.75, 3.05) is 18.0 Å². The summed E-state index contributed by atoms with van der Waals surface area (Å²) >= 11 is 0. The van der Waals surface area contributed by atoms with E-state index in [1.807, 2.05) is 4.90 Å². The lowest BCUT2D eigenvalue weighted by Gasteiger charge is -2.16. The van der Waals surface area contributed by atoms with Gasteiger partial charge in [0.15, 0.2) is 5.82 Å². The van der Waals surface area contributed by atoms with Crippen LogP contribution in [-0.2, 0) is 6.54 Å². The van der Waals surface area contributed by atoms with E-state index in [1.165, 1.54) is 21.2 Å². The van der Waals surface area contributed by atoms with Crippen molar-refractivity contribution >= 4 is 11.5 Å². The number of halogens is 1. The van der Waals surface area contributed by atoms with E-state index in [0.717, 1.165) is 13.0 Å². The molecule has 2 N–H and O–H groups in total. The molecule has 8 heteroatoms. The number of hydrogen-bond acceptors (Lipinski definition) is 5. The average molecular weight is 328 g/mol. The molecule has 24 heavy (non-hydrogen) atoms. The maximum atomic E-state index is 13.3. The number of anilines is 1. The van der Waals surface area contributed by atoms with Crippen molar-refractivity contribution in [3.8, 4) is 0 Å². The van der Waals surface area contributed by atoms with Crippen LogP contribution in [0.15, 0.2) is 41.5 Å². The number of nitrogens with zero attached hydrogens (tertiary/aromatic N) is 5. The van der Waals surface area contributed by atoms with Crippen molar-refractivity contribution in [1.29, 1.82) is 0 Å². The molecule has 3 heterocycles. The van der Waals surface area contributed by atoms with Gasteiger partial charge in [0.25, 0.3) is 0 Å². The topological polar surface area (TPSA) is 81.5 Å². The Bertz CT molecular complexity index is 949. The van der Waals surface area contributed by atoms with Crippen molar-refractivity contribution in [2.24, 2.45) is 5.73 Å². The van der Waals surface area contributed by atoms with Gasteiger partial charge in [0.1, 0.15) is 5.82 Å². The highest BCUT2D eigenvalue weighted by Gasteiger charge is 2.24. The summed E-state index contributed by atoms with van der Waals surface area (Å²) in [5.74, 6) is 0.318. The van der Waals surface area contributed by atoms with E-state index in [2.05, 4.69) is 10.1 Å². The fraction of sp³-hybridized carbons (Fsp3) is 0.312. The third-order valence-corrected chi connectivity index (χ3v) is 4.23. The van der Waals surface area contributed by atoms with E-state index in [0.29, 0.717) is 23.6 Å². The minimum Gasteiger partial charge on any atom is -0.352 e. The third-order valence-electron chi connectivity index (χ3n) is 4.23. The zero-order valence-corrected chi connectivity index (χ0v) is 13.0. The molecule has 7 nitrogen and oxygen atoms in total. The van der Waals surface area contributed by atoms with E-state index in [-0.39, 0.29) is 24.1 Å². The van der Waals surface area contributed by atoms with Crippen LogP contribution in [0.3, 0.4) is 0 Å². The van der Waals surface area contributed by atoms with Crippen LogP contribution in [0.1, 0.15) is 12.0 Å². The number of benzene rings is 1. The molecular formula is C16H17FN6O. The van der Waals surface area contributed by atoms with E-state index < -0.39 is 0 Å².